The predicted octanol–water partition coefficient (Wildman–Crippen LogP) is 2.05. The minimum absolute atomic E-state index is 0.0126. The molecule has 0 bridgehead atoms. The van der Waals surface area contributed by atoms with Crippen LogP contribution in [0.1, 0.15) is 31.7 Å². The molecule has 0 saturated heterocycles. The first kappa shape index (κ1) is 13.9. The van der Waals surface area contributed by atoms with Crippen LogP contribution in [-0.4, -0.2) is 30.2 Å². The fraction of sp³-hybridized carbons (Fsp3) is 0.533. The molecule has 19 heavy (non-hydrogen) atoms. The highest BCUT2D eigenvalue weighted by Crippen LogP contribution is 2.39. The monoisotopic (exact) mass is 262 g/mol. The second kappa shape index (κ2) is 5.61. The van der Waals surface area contributed by atoms with Gasteiger partial charge in [-0.15, -0.1) is 0 Å². The van der Waals surface area contributed by atoms with Crippen molar-refractivity contribution in [2.45, 2.75) is 32.2 Å². The maximum Gasteiger partial charge on any atom is 0.308 e. The number of carbonyl (C=O) groups is 1. The SMILES string of the molecule is CC(C(=O)O)C(C)N1CC(CCN)c2ccccc21. The zero-order valence-corrected chi connectivity index (χ0v) is 11.5. The molecule has 4 heteroatoms. The van der Waals surface area contributed by atoms with Crippen LogP contribution < -0.4 is 10.6 Å². The molecule has 4 nitrogen and oxygen atoms in total. The highest BCUT2D eigenvalue weighted by molar-refractivity contribution is 5.72. The van der Waals surface area contributed by atoms with Crippen molar-refractivity contribution in [1.29, 1.82) is 0 Å². The molecule has 1 aliphatic rings. The largest absolute Gasteiger partial charge is 0.481 e. The molecule has 1 aromatic rings. The van der Waals surface area contributed by atoms with Crippen LogP contribution in [-0.2, 0) is 4.79 Å². The van der Waals surface area contributed by atoms with Gasteiger partial charge < -0.3 is 15.7 Å². The zero-order chi connectivity index (χ0) is 14.0. The first-order valence-electron chi connectivity index (χ1n) is 6.84. The molecule has 2 rings (SSSR count). The van der Waals surface area contributed by atoms with E-state index < -0.39 is 5.97 Å². The number of rotatable bonds is 5. The predicted molar refractivity (Wildman–Crippen MR) is 76.5 cm³/mol. The Morgan fingerprint density at radius 2 is 2.16 bits per heavy atom. The summed E-state index contributed by atoms with van der Waals surface area (Å²) in [5.74, 6) is -0.707. The fourth-order valence-corrected chi connectivity index (χ4v) is 2.84. The van der Waals surface area contributed by atoms with Gasteiger partial charge in [0.25, 0.3) is 0 Å². The van der Waals surface area contributed by atoms with Gasteiger partial charge in [-0.05, 0) is 38.4 Å². The first-order valence-corrected chi connectivity index (χ1v) is 6.84. The molecule has 3 N–H and O–H groups in total. The molecule has 0 spiro atoms. The first-order chi connectivity index (χ1) is 9.06. The standard InChI is InChI=1S/C15H22N2O2/c1-10(15(18)19)11(2)17-9-12(7-8-16)13-5-3-4-6-14(13)17/h3-6,10-12H,7-9,16H2,1-2H3,(H,18,19). The van der Waals surface area contributed by atoms with Crippen LogP contribution >= 0.6 is 0 Å². The van der Waals surface area contributed by atoms with Gasteiger partial charge in [-0.3, -0.25) is 4.79 Å². The van der Waals surface area contributed by atoms with E-state index in [2.05, 4.69) is 17.0 Å². The molecule has 1 aliphatic heterocycles. The van der Waals surface area contributed by atoms with E-state index in [-0.39, 0.29) is 12.0 Å². The van der Waals surface area contributed by atoms with Crippen molar-refractivity contribution in [3.8, 4) is 0 Å². The second-order valence-electron chi connectivity index (χ2n) is 5.35. The molecule has 1 heterocycles. The zero-order valence-electron chi connectivity index (χ0n) is 11.5. The van der Waals surface area contributed by atoms with E-state index in [1.54, 1.807) is 6.92 Å². The minimum atomic E-state index is -0.743. The number of anilines is 1. The lowest BCUT2D eigenvalue weighted by Crippen LogP contribution is -2.40. The molecule has 104 valence electrons. The maximum atomic E-state index is 11.2. The summed E-state index contributed by atoms with van der Waals surface area (Å²) in [6.45, 7) is 5.29. The summed E-state index contributed by atoms with van der Waals surface area (Å²) >= 11 is 0. The van der Waals surface area contributed by atoms with Gasteiger partial charge >= 0.3 is 5.97 Å². The lowest BCUT2D eigenvalue weighted by atomic mass is 9.98. The number of benzene rings is 1. The van der Waals surface area contributed by atoms with Gasteiger partial charge in [-0.2, -0.15) is 0 Å². The second-order valence-corrected chi connectivity index (χ2v) is 5.35. The minimum Gasteiger partial charge on any atom is -0.481 e. The van der Waals surface area contributed by atoms with Crippen LogP contribution in [0.25, 0.3) is 0 Å². The normalized spacial score (nSPS) is 21.0. The number of fused-ring (bicyclic) bond motifs is 1. The third-order valence-electron chi connectivity index (χ3n) is 4.22. The van der Waals surface area contributed by atoms with E-state index >= 15 is 0 Å². The average molecular weight is 262 g/mol. The van der Waals surface area contributed by atoms with Gasteiger partial charge in [0.2, 0.25) is 0 Å². The maximum absolute atomic E-state index is 11.2. The molecular weight excluding hydrogens is 240 g/mol. The third-order valence-corrected chi connectivity index (χ3v) is 4.22. The van der Waals surface area contributed by atoms with Gasteiger partial charge in [0.1, 0.15) is 0 Å². The van der Waals surface area contributed by atoms with Crippen molar-refractivity contribution >= 4 is 11.7 Å². The molecule has 0 fully saturated rings. The average Bonchev–Trinajstić information content (AvgIpc) is 2.77. The lowest BCUT2D eigenvalue weighted by molar-refractivity contribution is -0.141. The molecule has 0 aromatic heterocycles. The summed E-state index contributed by atoms with van der Waals surface area (Å²) in [5.41, 5.74) is 8.15. The highest BCUT2D eigenvalue weighted by Gasteiger charge is 2.34. The van der Waals surface area contributed by atoms with Gasteiger partial charge in [-0.1, -0.05) is 18.2 Å². The fourth-order valence-electron chi connectivity index (χ4n) is 2.84. The van der Waals surface area contributed by atoms with E-state index in [4.69, 9.17) is 5.73 Å². The van der Waals surface area contributed by atoms with E-state index in [1.807, 2.05) is 19.1 Å². The molecule has 0 radical (unpaired) electrons. The van der Waals surface area contributed by atoms with Crippen LogP contribution in [0.3, 0.4) is 0 Å². The Morgan fingerprint density at radius 1 is 1.47 bits per heavy atom. The van der Waals surface area contributed by atoms with Gasteiger partial charge in [0.05, 0.1) is 5.92 Å². The Morgan fingerprint density at radius 3 is 2.79 bits per heavy atom. The Hall–Kier alpha value is -1.55. The molecule has 0 amide bonds. The number of hydrogen-bond donors (Lipinski definition) is 2. The van der Waals surface area contributed by atoms with E-state index in [9.17, 15) is 9.90 Å². The summed E-state index contributed by atoms with van der Waals surface area (Å²) in [4.78, 5) is 13.4. The van der Waals surface area contributed by atoms with Gasteiger partial charge in [0, 0.05) is 24.2 Å². The number of nitrogens with zero attached hydrogens (tertiary/aromatic N) is 1. The van der Waals surface area contributed by atoms with Crippen LogP contribution in [0.15, 0.2) is 24.3 Å². The molecule has 1 aromatic carbocycles. The lowest BCUT2D eigenvalue weighted by Gasteiger charge is -2.30. The topological polar surface area (TPSA) is 66.6 Å². The van der Waals surface area contributed by atoms with E-state index in [1.165, 1.54) is 11.3 Å². The van der Waals surface area contributed by atoms with Crippen molar-refractivity contribution in [3.63, 3.8) is 0 Å². The molecule has 0 aliphatic carbocycles. The van der Waals surface area contributed by atoms with Crippen molar-refractivity contribution in [3.05, 3.63) is 29.8 Å². The summed E-state index contributed by atoms with van der Waals surface area (Å²) in [6.07, 6.45) is 0.946. The Kier molecular flexibility index (Phi) is 4.10. The summed E-state index contributed by atoms with van der Waals surface area (Å²) < 4.78 is 0. The van der Waals surface area contributed by atoms with Crippen molar-refractivity contribution < 1.29 is 9.90 Å². The number of aliphatic carboxylic acids is 1. The quantitative estimate of drug-likeness (QED) is 0.852. The molecule has 0 saturated carbocycles. The summed E-state index contributed by atoms with van der Waals surface area (Å²) in [5, 5.41) is 9.18. The smallest absolute Gasteiger partial charge is 0.308 e. The molecular formula is C15H22N2O2. The number of carboxylic acid groups (broad SMARTS) is 1. The Labute approximate surface area is 114 Å². The Balaban J connectivity index is 2.27. The Bertz CT molecular complexity index is 461. The summed E-state index contributed by atoms with van der Waals surface area (Å²) in [6, 6.07) is 8.25. The van der Waals surface area contributed by atoms with E-state index in [0.717, 1.165) is 13.0 Å². The number of carboxylic acids is 1. The number of hydrogen-bond acceptors (Lipinski definition) is 3. The van der Waals surface area contributed by atoms with Crippen molar-refractivity contribution in [1.82, 2.24) is 0 Å². The van der Waals surface area contributed by atoms with E-state index in [0.29, 0.717) is 12.5 Å². The van der Waals surface area contributed by atoms with Gasteiger partial charge in [-0.25, -0.2) is 0 Å². The van der Waals surface area contributed by atoms with Crippen LogP contribution in [0.4, 0.5) is 5.69 Å². The summed E-state index contributed by atoms with van der Waals surface area (Å²) in [7, 11) is 0. The molecule has 3 atom stereocenters. The van der Waals surface area contributed by atoms with Crippen LogP contribution in [0.2, 0.25) is 0 Å². The van der Waals surface area contributed by atoms with Crippen LogP contribution in [0, 0.1) is 5.92 Å². The molecule has 3 unspecified atom stereocenters. The highest BCUT2D eigenvalue weighted by atomic mass is 16.4. The number of para-hydroxylation sites is 1. The van der Waals surface area contributed by atoms with Crippen molar-refractivity contribution in [2.24, 2.45) is 11.7 Å². The number of nitrogens with two attached hydrogens (primary N) is 1. The van der Waals surface area contributed by atoms with Crippen molar-refractivity contribution in [2.75, 3.05) is 18.0 Å². The van der Waals surface area contributed by atoms with Crippen LogP contribution in [0.5, 0.6) is 0 Å². The van der Waals surface area contributed by atoms with Gasteiger partial charge in [0.15, 0.2) is 0 Å². The third kappa shape index (κ3) is 2.59.